The molecule has 1 amide bonds. The van der Waals surface area contributed by atoms with Gasteiger partial charge in [-0.05, 0) is 58.5 Å². The standard InChI is InChI=1S/C24H26N4O3S.C2HF3O2/c1-2-17-6-7-20-8-9-22(14-21(20)13-17)32(30,31)27-23-10-11-28(24(23)29)16-19-5-3-4-18(12-19)15-26-25;3-2(4,5)1(6)7/h3-9,12-15,23,27H,2,10-11,16,25H2,1H3;(H,6,7)/t23-;/m0./s1. The van der Waals surface area contributed by atoms with Crippen LogP contribution < -0.4 is 10.6 Å². The summed E-state index contributed by atoms with van der Waals surface area (Å²) >= 11 is 0. The van der Waals surface area contributed by atoms with Crippen LogP contribution in [-0.2, 0) is 32.6 Å². The van der Waals surface area contributed by atoms with Crippen LogP contribution in [0.3, 0.4) is 0 Å². The molecule has 3 aromatic carbocycles. The highest BCUT2D eigenvalue weighted by Gasteiger charge is 2.38. The Hall–Kier alpha value is -3.97. The van der Waals surface area contributed by atoms with Gasteiger partial charge in [-0.2, -0.15) is 23.0 Å². The summed E-state index contributed by atoms with van der Waals surface area (Å²) in [5.41, 5.74) is 2.92. The van der Waals surface area contributed by atoms with E-state index in [0.29, 0.717) is 19.5 Å². The van der Waals surface area contributed by atoms with Crippen LogP contribution in [0.25, 0.3) is 10.8 Å². The summed E-state index contributed by atoms with van der Waals surface area (Å²) in [6, 6.07) is 17.9. The van der Waals surface area contributed by atoms with Gasteiger partial charge in [-0.1, -0.05) is 49.4 Å². The largest absolute Gasteiger partial charge is 0.490 e. The number of rotatable bonds is 7. The van der Waals surface area contributed by atoms with Gasteiger partial charge in [0.2, 0.25) is 15.9 Å². The monoisotopic (exact) mass is 564 g/mol. The lowest BCUT2D eigenvalue weighted by Gasteiger charge is -2.18. The van der Waals surface area contributed by atoms with Gasteiger partial charge < -0.3 is 15.8 Å². The topological polar surface area (TPSA) is 142 Å². The average molecular weight is 565 g/mol. The van der Waals surface area contributed by atoms with Gasteiger partial charge in [-0.15, -0.1) is 0 Å². The number of hydrogen-bond donors (Lipinski definition) is 3. The fourth-order valence-electron chi connectivity index (χ4n) is 4.00. The minimum Gasteiger partial charge on any atom is -0.475 e. The van der Waals surface area contributed by atoms with E-state index in [-0.39, 0.29) is 10.8 Å². The van der Waals surface area contributed by atoms with Crippen LogP contribution in [0.15, 0.2) is 70.7 Å². The number of fused-ring (bicyclic) bond motifs is 1. The van der Waals surface area contributed by atoms with Crippen molar-refractivity contribution in [1.29, 1.82) is 0 Å². The van der Waals surface area contributed by atoms with Crippen molar-refractivity contribution in [2.75, 3.05) is 6.54 Å². The summed E-state index contributed by atoms with van der Waals surface area (Å²) in [4.78, 5) is 23.6. The molecule has 0 unspecified atom stereocenters. The molecule has 0 bridgehead atoms. The normalized spacial score (nSPS) is 15.9. The predicted molar refractivity (Wildman–Crippen MR) is 139 cm³/mol. The molecule has 4 rings (SSSR count). The molecular formula is C26H27F3N4O5S. The zero-order chi connectivity index (χ0) is 28.8. The van der Waals surface area contributed by atoms with E-state index in [0.717, 1.165) is 33.9 Å². The van der Waals surface area contributed by atoms with Gasteiger partial charge in [-0.3, -0.25) is 4.79 Å². The maximum absolute atomic E-state index is 13.0. The van der Waals surface area contributed by atoms with Crippen molar-refractivity contribution in [2.24, 2.45) is 10.9 Å². The highest BCUT2D eigenvalue weighted by Crippen LogP contribution is 2.23. The van der Waals surface area contributed by atoms with Gasteiger partial charge in [0.05, 0.1) is 11.1 Å². The van der Waals surface area contributed by atoms with Crippen LogP contribution in [-0.4, -0.2) is 55.3 Å². The van der Waals surface area contributed by atoms with Crippen molar-refractivity contribution in [2.45, 2.75) is 43.4 Å². The molecule has 1 aliphatic rings. The van der Waals surface area contributed by atoms with Gasteiger partial charge in [0, 0.05) is 13.1 Å². The summed E-state index contributed by atoms with van der Waals surface area (Å²) in [7, 11) is -3.83. The highest BCUT2D eigenvalue weighted by molar-refractivity contribution is 7.89. The van der Waals surface area contributed by atoms with Crippen LogP contribution in [0.5, 0.6) is 0 Å². The first-order valence-electron chi connectivity index (χ1n) is 11.8. The van der Waals surface area contributed by atoms with Gasteiger partial charge >= 0.3 is 12.1 Å². The number of hydrogen-bond acceptors (Lipinski definition) is 6. The number of carbonyl (C=O) groups excluding carboxylic acids is 1. The summed E-state index contributed by atoms with van der Waals surface area (Å²) in [5, 5.41) is 12.5. The third-order valence-electron chi connectivity index (χ3n) is 5.98. The molecule has 3 aromatic rings. The third-order valence-corrected chi connectivity index (χ3v) is 7.45. The maximum Gasteiger partial charge on any atom is 0.490 e. The molecule has 208 valence electrons. The number of likely N-dealkylation sites (tertiary alicyclic amines) is 1. The Kier molecular flexibility index (Phi) is 9.30. The highest BCUT2D eigenvalue weighted by atomic mass is 32.2. The van der Waals surface area contributed by atoms with Crippen molar-refractivity contribution in [1.82, 2.24) is 9.62 Å². The van der Waals surface area contributed by atoms with Gasteiger partial charge in [0.1, 0.15) is 6.04 Å². The summed E-state index contributed by atoms with van der Waals surface area (Å²) in [6.07, 6.45) is -2.24. The Morgan fingerprint density at radius 1 is 1.13 bits per heavy atom. The van der Waals surface area contributed by atoms with Gasteiger partial charge in [0.25, 0.3) is 0 Å². The second-order valence-electron chi connectivity index (χ2n) is 8.75. The minimum absolute atomic E-state index is 0.165. The zero-order valence-electron chi connectivity index (χ0n) is 20.9. The number of carboxylic acid groups (broad SMARTS) is 1. The number of hydrazone groups is 1. The molecule has 1 aliphatic heterocycles. The number of nitrogens with two attached hydrogens (primary N) is 1. The Morgan fingerprint density at radius 2 is 1.82 bits per heavy atom. The van der Waals surface area contributed by atoms with Crippen LogP contribution in [0.4, 0.5) is 13.2 Å². The van der Waals surface area contributed by atoms with Crippen LogP contribution in [0.2, 0.25) is 0 Å². The fraction of sp³-hybridized carbons (Fsp3) is 0.269. The molecule has 39 heavy (non-hydrogen) atoms. The first-order valence-corrected chi connectivity index (χ1v) is 13.3. The number of halogens is 3. The SMILES string of the molecule is CCc1ccc2ccc(S(=O)(=O)N[C@H]3CCN(Cc4cccc(C=NN)c4)C3=O)cc2c1.O=C(O)C(F)(F)F. The summed E-state index contributed by atoms with van der Waals surface area (Å²) < 4.78 is 60.4. The van der Waals surface area contributed by atoms with Crippen molar-refractivity contribution in [3.05, 3.63) is 77.4 Å². The zero-order valence-corrected chi connectivity index (χ0v) is 21.7. The molecule has 4 N–H and O–H groups in total. The van der Waals surface area contributed by atoms with Crippen molar-refractivity contribution in [3.8, 4) is 0 Å². The van der Waals surface area contributed by atoms with E-state index in [1.165, 1.54) is 0 Å². The maximum atomic E-state index is 13.0. The van der Waals surface area contributed by atoms with Crippen molar-refractivity contribution < 1.29 is 36.3 Å². The number of alkyl halides is 3. The molecule has 0 aromatic heterocycles. The number of aliphatic carboxylic acids is 1. The van der Waals surface area contributed by atoms with Crippen molar-refractivity contribution in [3.63, 3.8) is 0 Å². The summed E-state index contributed by atoms with van der Waals surface area (Å²) in [5.74, 6) is 2.23. The van der Waals surface area contributed by atoms with E-state index >= 15 is 0 Å². The average Bonchev–Trinajstić information content (AvgIpc) is 3.21. The number of aryl methyl sites for hydroxylation is 1. The Morgan fingerprint density at radius 3 is 2.46 bits per heavy atom. The molecule has 1 heterocycles. The lowest BCUT2D eigenvalue weighted by molar-refractivity contribution is -0.192. The van der Waals surface area contributed by atoms with Crippen LogP contribution in [0.1, 0.15) is 30.0 Å². The molecule has 0 aliphatic carbocycles. The van der Waals surface area contributed by atoms with Crippen LogP contribution >= 0.6 is 0 Å². The lowest BCUT2D eigenvalue weighted by atomic mass is 10.1. The van der Waals surface area contributed by atoms with E-state index in [2.05, 4.69) is 16.7 Å². The van der Waals surface area contributed by atoms with E-state index in [1.807, 2.05) is 42.5 Å². The van der Waals surface area contributed by atoms with E-state index in [9.17, 15) is 26.4 Å². The van der Waals surface area contributed by atoms with E-state index < -0.39 is 28.2 Å². The Labute approximate surface area is 223 Å². The smallest absolute Gasteiger partial charge is 0.475 e. The Bertz CT molecular complexity index is 1490. The lowest BCUT2D eigenvalue weighted by Crippen LogP contribution is -2.41. The molecule has 1 saturated heterocycles. The first-order chi connectivity index (χ1) is 18.3. The quantitative estimate of drug-likeness (QED) is 0.228. The number of amides is 1. The van der Waals surface area contributed by atoms with Gasteiger partial charge in [0.15, 0.2) is 0 Å². The number of carbonyl (C=O) groups is 2. The Balaban J connectivity index is 0.000000532. The number of nitrogens with one attached hydrogen (secondary N) is 1. The number of carboxylic acids is 1. The molecule has 1 atom stereocenters. The minimum atomic E-state index is -5.08. The van der Waals surface area contributed by atoms with Crippen LogP contribution in [0, 0.1) is 0 Å². The van der Waals surface area contributed by atoms with Gasteiger partial charge in [-0.25, -0.2) is 13.2 Å². The molecule has 9 nitrogen and oxygen atoms in total. The molecule has 1 fully saturated rings. The molecule has 0 radical (unpaired) electrons. The number of nitrogens with zero attached hydrogens (tertiary/aromatic N) is 2. The predicted octanol–water partition coefficient (Wildman–Crippen LogP) is 3.41. The second-order valence-corrected chi connectivity index (χ2v) is 10.5. The second kappa shape index (κ2) is 12.3. The molecule has 13 heteroatoms. The number of benzene rings is 3. The fourth-order valence-corrected chi connectivity index (χ4v) is 5.26. The van der Waals surface area contributed by atoms with E-state index in [1.54, 1.807) is 29.3 Å². The third kappa shape index (κ3) is 7.77. The summed E-state index contributed by atoms with van der Waals surface area (Å²) in [6.45, 7) is 2.95. The molecule has 0 spiro atoms. The first kappa shape index (κ1) is 29.6. The molecule has 0 saturated carbocycles. The molecular weight excluding hydrogens is 537 g/mol. The number of sulfonamides is 1. The van der Waals surface area contributed by atoms with E-state index in [4.69, 9.17) is 15.7 Å². The van der Waals surface area contributed by atoms with Crippen molar-refractivity contribution >= 4 is 38.9 Å².